The summed E-state index contributed by atoms with van der Waals surface area (Å²) < 4.78 is 10.5. The fourth-order valence-electron chi connectivity index (χ4n) is 2.95. The van der Waals surface area contributed by atoms with Crippen molar-refractivity contribution in [3.05, 3.63) is 81.0 Å². The lowest BCUT2D eigenvalue weighted by molar-refractivity contribution is -0.139. The summed E-state index contributed by atoms with van der Waals surface area (Å²) in [5, 5.41) is 5.49. The van der Waals surface area contributed by atoms with Crippen LogP contribution in [-0.2, 0) is 14.3 Å². The van der Waals surface area contributed by atoms with E-state index in [0.29, 0.717) is 5.56 Å². The molecule has 1 heterocycles. The van der Waals surface area contributed by atoms with Gasteiger partial charge in [-0.05, 0) is 24.6 Å². The van der Waals surface area contributed by atoms with Gasteiger partial charge in [0.25, 0.3) is 0 Å². The fourth-order valence-corrected chi connectivity index (χ4v) is 3.33. The summed E-state index contributed by atoms with van der Waals surface area (Å²) in [6, 6.07) is 12.2. The van der Waals surface area contributed by atoms with Gasteiger partial charge in [0.05, 0.1) is 39.5 Å². The van der Waals surface area contributed by atoms with Crippen LogP contribution >= 0.6 is 23.2 Å². The molecule has 3 rings (SSSR count). The third-order valence-corrected chi connectivity index (χ3v) is 5.12. The Bertz CT molecular complexity index is 1010. The molecule has 2 aromatic carbocycles. The number of ether oxygens (including phenoxy) is 2. The molecule has 9 heteroatoms. The average molecular weight is 449 g/mol. The summed E-state index contributed by atoms with van der Waals surface area (Å²) in [5.74, 6) is -1.38. The SMILES string of the molecule is CCOC(=O)C1=C(COC(=O)c2cccc(Cl)c2Cl)NC(=O)NC1c1ccccc1. The molecule has 0 saturated carbocycles. The van der Waals surface area contributed by atoms with Gasteiger partial charge >= 0.3 is 18.0 Å². The van der Waals surface area contributed by atoms with E-state index in [2.05, 4.69) is 10.6 Å². The van der Waals surface area contributed by atoms with Crippen molar-refractivity contribution in [2.45, 2.75) is 13.0 Å². The first-order chi connectivity index (χ1) is 14.4. The van der Waals surface area contributed by atoms with Gasteiger partial charge in [0, 0.05) is 0 Å². The summed E-state index contributed by atoms with van der Waals surface area (Å²) in [4.78, 5) is 37.3. The van der Waals surface area contributed by atoms with Crippen molar-refractivity contribution >= 4 is 41.2 Å². The monoisotopic (exact) mass is 448 g/mol. The van der Waals surface area contributed by atoms with E-state index >= 15 is 0 Å². The third kappa shape index (κ3) is 4.75. The Morgan fingerprint density at radius 2 is 1.73 bits per heavy atom. The number of carbonyl (C=O) groups excluding carboxylic acids is 3. The zero-order valence-electron chi connectivity index (χ0n) is 15.9. The number of urea groups is 1. The molecule has 1 aliphatic rings. The van der Waals surface area contributed by atoms with Crippen molar-refractivity contribution in [1.82, 2.24) is 10.6 Å². The minimum absolute atomic E-state index is 0.0558. The summed E-state index contributed by atoms with van der Waals surface area (Å²) in [5.41, 5.74) is 1.02. The van der Waals surface area contributed by atoms with Crippen LogP contribution in [0.2, 0.25) is 10.0 Å². The number of benzene rings is 2. The highest BCUT2D eigenvalue weighted by molar-refractivity contribution is 6.43. The second kappa shape index (κ2) is 9.65. The van der Waals surface area contributed by atoms with Crippen molar-refractivity contribution in [2.75, 3.05) is 13.2 Å². The minimum atomic E-state index is -0.762. The molecule has 1 aliphatic heterocycles. The minimum Gasteiger partial charge on any atom is -0.463 e. The van der Waals surface area contributed by atoms with E-state index in [4.69, 9.17) is 32.7 Å². The Hall–Kier alpha value is -3.03. The zero-order valence-corrected chi connectivity index (χ0v) is 17.4. The molecule has 30 heavy (non-hydrogen) atoms. The van der Waals surface area contributed by atoms with Gasteiger partial charge in [-0.2, -0.15) is 0 Å². The van der Waals surface area contributed by atoms with E-state index in [0.717, 1.165) is 0 Å². The predicted octanol–water partition coefficient (Wildman–Crippen LogP) is 4.02. The molecule has 0 bridgehead atoms. The van der Waals surface area contributed by atoms with Crippen LogP contribution < -0.4 is 10.6 Å². The molecule has 0 aliphatic carbocycles. The topological polar surface area (TPSA) is 93.7 Å². The maximum Gasteiger partial charge on any atom is 0.340 e. The first-order valence-electron chi connectivity index (χ1n) is 9.06. The lowest BCUT2D eigenvalue weighted by atomic mass is 9.95. The highest BCUT2D eigenvalue weighted by Gasteiger charge is 2.34. The van der Waals surface area contributed by atoms with Crippen LogP contribution in [0.3, 0.4) is 0 Å². The molecule has 0 radical (unpaired) electrons. The highest BCUT2D eigenvalue weighted by atomic mass is 35.5. The Kier molecular flexibility index (Phi) is 6.97. The van der Waals surface area contributed by atoms with Gasteiger partial charge in [-0.3, -0.25) is 0 Å². The quantitative estimate of drug-likeness (QED) is 0.650. The Balaban J connectivity index is 1.93. The summed E-state index contributed by atoms with van der Waals surface area (Å²) in [6.45, 7) is 1.45. The first kappa shape index (κ1) is 21.7. The lowest BCUT2D eigenvalue weighted by Crippen LogP contribution is -2.47. The van der Waals surface area contributed by atoms with Crippen LogP contribution in [0.15, 0.2) is 59.8 Å². The molecule has 0 fully saturated rings. The van der Waals surface area contributed by atoms with Crippen molar-refractivity contribution in [3.63, 3.8) is 0 Å². The molecule has 1 unspecified atom stereocenters. The molecule has 0 spiro atoms. The molecule has 2 aromatic rings. The second-order valence-electron chi connectivity index (χ2n) is 6.23. The van der Waals surface area contributed by atoms with Gasteiger partial charge in [-0.25, -0.2) is 14.4 Å². The van der Waals surface area contributed by atoms with Crippen molar-refractivity contribution < 1.29 is 23.9 Å². The van der Waals surface area contributed by atoms with Crippen molar-refractivity contribution in [3.8, 4) is 0 Å². The van der Waals surface area contributed by atoms with Gasteiger partial charge in [0.15, 0.2) is 0 Å². The average Bonchev–Trinajstić information content (AvgIpc) is 2.74. The number of amides is 2. The number of esters is 2. The molecule has 2 N–H and O–H groups in total. The summed E-state index contributed by atoms with van der Waals surface area (Å²) in [6.07, 6.45) is 0. The van der Waals surface area contributed by atoms with Crippen molar-refractivity contribution in [1.29, 1.82) is 0 Å². The molecular formula is C21H18Cl2N2O5. The second-order valence-corrected chi connectivity index (χ2v) is 7.02. The Morgan fingerprint density at radius 3 is 2.43 bits per heavy atom. The van der Waals surface area contributed by atoms with E-state index < -0.39 is 24.0 Å². The number of carbonyl (C=O) groups is 3. The fraction of sp³-hybridized carbons (Fsp3) is 0.190. The number of halogens is 2. The molecule has 0 saturated heterocycles. The van der Waals surface area contributed by atoms with Crippen LogP contribution in [0.4, 0.5) is 4.79 Å². The Labute approximate surface area is 182 Å². The van der Waals surface area contributed by atoms with Crippen LogP contribution in [-0.4, -0.2) is 31.2 Å². The smallest absolute Gasteiger partial charge is 0.340 e. The van der Waals surface area contributed by atoms with Crippen molar-refractivity contribution in [2.24, 2.45) is 0 Å². The van der Waals surface area contributed by atoms with Crippen LogP contribution in [0.1, 0.15) is 28.9 Å². The Morgan fingerprint density at radius 1 is 1.00 bits per heavy atom. The summed E-state index contributed by atoms with van der Waals surface area (Å²) in [7, 11) is 0. The van der Waals surface area contributed by atoms with Gasteiger partial charge in [0.2, 0.25) is 0 Å². The summed E-state index contributed by atoms with van der Waals surface area (Å²) >= 11 is 12.0. The van der Waals surface area contributed by atoms with Crippen LogP contribution in [0, 0.1) is 0 Å². The molecular weight excluding hydrogens is 431 g/mol. The normalized spacial score (nSPS) is 15.8. The molecule has 7 nitrogen and oxygen atoms in total. The van der Waals surface area contributed by atoms with Gasteiger partial charge < -0.3 is 20.1 Å². The maximum atomic E-state index is 12.7. The molecule has 0 aromatic heterocycles. The zero-order chi connectivity index (χ0) is 21.7. The molecule has 1 atom stereocenters. The lowest BCUT2D eigenvalue weighted by Gasteiger charge is -2.29. The standard InChI is InChI=1S/C21H18Cl2N2O5/c1-2-29-20(27)16-15(11-30-19(26)13-9-6-10-14(22)17(13)23)24-21(28)25-18(16)12-7-4-3-5-8-12/h3-10,18H,2,11H2,1H3,(H2,24,25,28). The molecule has 2 amide bonds. The van der Waals surface area contributed by atoms with E-state index in [9.17, 15) is 14.4 Å². The number of hydrogen-bond acceptors (Lipinski definition) is 5. The van der Waals surface area contributed by atoms with E-state index in [-0.39, 0.29) is 40.1 Å². The van der Waals surface area contributed by atoms with E-state index in [1.54, 1.807) is 43.3 Å². The van der Waals surface area contributed by atoms with Crippen LogP contribution in [0.25, 0.3) is 0 Å². The third-order valence-electron chi connectivity index (χ3n) is 4.30. The first-order valence-corrected chi connectivity index (χ1v) is 9.81. The van der Waals surface area contributed by atoms with Gasteiger partial charge in [-0.15, -0.1) is 0 Å². The number of nitrogens with one attached hydrogen (secondary N) is 2. The number of rotatable bonds is 6. The largest absolute Gasteiger partial charge is 0.463 e. The molecule has 156 valence electrons. The highest BCUT2D eigenvalue weighted by Crippen LogP contribution is 2.29. The predicted molar refractivity (Wildman–Crippen MR) is 111 cm³/mol. The van der Waals surface area contributed by atoms with Crippen LogP contribution in [0.5, 0.6) is 0 Å². The van der Waals surface area contributed by atoms with E-state index in [1.807, 2.05) is 6.07 Å². The maximum absolute atomic E-state index is 12.7. The number of hydrogen-bond donors (Lipinski definition) is 2. The van der Waals surface area contributed by atoms with E-state index in [1.165, 1.54) is 6.07 Å². The van der Waals surface area contributed by atoms with Gasteiger partial charge in [0.1, 0.15) is 6.61 Å². The van der Waals surface area contributed by atoms with Gasteiger partial charge in [-0.1, -0.05) is 59.6 Å².